The van der Waals surface area contributed by atoms with Crippen LogP contribution in [0.15, 0.2) is 18.2 Å². The Morgan fingerprint density at radius 2 is 2.07 bits per heavy atom. The molecule has 1 N–H and O–H groups in total. The summed E-state index contributed by atoms with van der Waals surface area (Å²) in [6.45, 7) is 4.84. The Morgan fingerprint density at radius 1 is 1.33 bits per heavy atom. The Hall–Kier alpha value is -1.06. The first-order valence-electron chi connectivity index (χ1n) is 5.05. The van der Waals surface area contributed by atoms with Crippen LogP contribution in [-0.4, -0.2) is 25.4 Å². The third-order valence-electron chi connectivity index (χ3n) is 2.23. The Morgan fingerprint density at radius 3 is 2.60 bits per heavy atom. The van der Waals surface area contributed by atoms with Gasteiger partial charge in [0.1, 0.15) is 12.4 Å². The Labute approximate surface area is 90.6 Å². The van der Waals surface area contributed by atoms with Crippen LogP contribution in [0.3, 0.4) is 0 Å². The van der Waals surface area contributed by atoms with Crippen LogP contribution in [0, 0.1) is 6.92 Å². The highest BCUT2D eigenvalue weighted by atomic mass is 16.5. The zero-order valence-electron chi connectivity index (χ0n) is 9.49. The molecule has 3 nitrogen and oxygen atoms in total. The van der Waals surface area contributed by atoms with E-state index in [1.165, 1.54) is 0 Å². The van der Waals surface area contributed by atoms with Gasteiger partial charge < -0.3 is 14.6 Å². The van der Waals surface area contributed by atoms with Crippen molar-refractivity contribution >= 4 is 0 Å². The number of benzene rings is 1. The zero-order valence-corrected chi connectivity index (χ0v) is 9.49. The molecule has 1 rings (SSSR count). The van der Waals surface area contributed by atoms with Gasteiger partial charge in [0.15, 0.2) is 0 Å². The molecule has 0 radical (unpaired) electrons. The van der Waals surface area contributed by atoms with Crippen molar-refractivity contribution in [1.29, 1.82) is 0 Å². The first-order valence-corrected chi connectivity index (χ1v) is 5.05. The molecule has 15 heavy (non-hydrogen) atoms. The molecule has 0 aliphatic rings. The topological polar surface area (TPSA) is 38.7 Å². The van der Waals surface area contributed by atoms with E-state index in [0.29, 0.717) is 13.2 Å². The molecule has 1 atom stereocenters. The lowest BCUT2D eigenvalue weighted by Gasteiger charge is -2.11. The number of hydrogen-bond acceptors (Lipinski definition) is 3. The third kappa shape index (κ3) is 3.53. The minimum Gasteiger partial charge on any atom is -0.491 e. The molecule has 0 heterocycles. The number of methoxy groups -OCH3 is 1. The average molecular weight is 210 g/mol. The highest BCUT2D eigenvalue weighted by Gasteiger charge is 2.04. The Kier molecular flexibility index (Phi) is 4.59. The minimum atomic E-state index is -0.434. The van der Waals surface area contributed by atoms with Crippen LogP contribution in [0.5, 0.6) is 5.75 Å². The van der Waals surface area contributed by atoms with Gasteiger partial charge in [0.25, 0.3) is 0 Å². The molecule has 0 saturated heterocycles. The monoisotopic (exact) mass is 210 g/mol. The van der Waals surface area contributed by atoms with Gasteiger partial charge in [-0.15, -0.1) is 0 Å². The molecule has 0 bridgehead atoms. The van der Waals surface area contributed by atoms with Crippen molar-refractivity contribution in [3.63, 3.8) is 0 Å². The second-order valence-electron chi connectivity index (χ2n) is 3.54. The highest BCUT2D eigenvalue weighted by molar-refractivity contribution is 5.36. The second kappa shape index (κ2) is 5.73. The molecule has 84 valence electrons. The quantitative estimate of drug-likeness (QED) is 0.756. The number of rotatable bonds is 5. The summed E-state index contributed by atoms with van der Waals surface area (Å²) in [6.07, 6.45) is -0.434. The summed E-state index contributed by atoms with van der Waals surface area (Å²) in [4.78, 5) is 0. The standard InChI is InChI=1S/C12H18O3/c1-9-8-11(10(2)13)4-5-12(9)15-7-6-14-3/h4-5,8,10,13H,6-7H2,1-3H3/t10-/m1/s1. The number of aryl methyl sites for hydroxylation is 1. The largest absolute Gasteiger partial charge is 0.491 e. The predicted molar refractivity (Wildman–Crippen MR) is 59.2 cm³/mol. The lowest BCUT2D eigenvalue weighted by Crippen LogP contribution is -2.05. The SMILES string of the molecule is COCCOc1ccc([C@@H](C)O)cc1C. The molecule has 0 saturated carbocycles. The molecule has 0 fully saturated rings. The van der Waals surface area contributed by atoms with Crippen molar-refractivity contribution in [2.24, 2.45) is 0 Å². The number of ether oxygens (including phenoxy) is 2. The minimum absolute atomic E-state index is 0.434. The summed E-state index contributed by atoms with van der Waals surface area (Å²) in [5, 5.41) is 9.39. The van der Waals surface area contributed by atoms with E-state index in [2.05, 4.69) is 0 Å². The van der Waals surface area contributed by atoms with Crippen molar-refractivity contribution in [3.8, 4) is 5.75 Å². The van der Waals surface area contributed by atoms with E-state index in [1.807, 2.05) is 25.1 Å². The number of aliphatic hydroxyl groups is 1. The van der Waals surface area contributed by atoms with Gasteiger partial charge in [-0.3, -0.25) is 0 Å². The zero-order chi connectivity index (χ0) is 11.3. The van der Waals surface area contributed by atoms with Crippen molar-refractivity contribution in [2.45, 2.75) is 20.0 Å². The maximum absolute atomic E-state index is 9.39. The first kappa shape index (κ1) is 12.0. The van der Waals surface area contributed by atoms with Crippen LogP contribution >= 0.6 is 0 Å². The van der Waals surface area contributed by atoms with Gasteiger partial charge in [-0.1, -0.05) is 6.07 Å². The molecule has 1 aromatic carbocycles. The molecule has 0 aliphatic heterocycles. The maximum atomic E-state index is 9.39. The van der Waals surface area contributed by atoms with Crippen LogP contribution in [-0.2, 0) is 4.74 Å². The normalized spacial score (nSPS) is 12.5. The number of hydrogen-bond donors (Lipinski definition) is 1. The average Bonchev–Trinajstić information content (AvgIpc) is 2.20. The van der Waals surface area contributed by atoms with Gasteiger partial charge in [-0.2, -0.15) is 0 Å². The lowest BCUT2D eigenvalue weighted by atomic mass is 10.1. The molecule has 0 aliphatic carbocycles. The van der Waals surface area contributed by atoms with Crippen molar-refractivity contribution in [3.05, 3.63) is 29.3 Å². The molecule has 0 spiro atoms. The summed E-state index contributed by atoms with van der Waals surface area (Å²) < 4.78 is 10.4. The van der Waals surface area contributed by atoms with Crippen molar-refractivity contribution in [2.75, 3.05) is 20.3 Å². The van der Waals surface area contributed by atoms with Crippen molar-refractivity contribution in [1.82, 2.24) is 0 Å². The van der Waals surface area contributed by atoms with Gasteiger partial charge in [0.05, 0.1) is 12.7 Å². The first-order chi connectivity index (χ1) is 7.15. The van der Waals surface area contributed by atoms with Crippen LogP contribution in [0.25, 0.3) is 0 Å². The summed E-state index contributed by atoms with van der Waals surface area (Å²) in [5.41, 5.74) is 1.94. The molecular formula is C12H18O3. The molecule has 0 unspecified atom stereocenters. The summed E-state index contributed by atoms with van der Waals surface area (Å²) >= 11 is 0. The highest BCUT2D eigenvalue weighted by Crippen LogP contribution is 2.22. The molecule has 3 heteroatoms. The molecule has 0 amide bonds. The lowest BCUT2D eigenvalue weighted by molar-refractivity contribution is 0.146. The van der Waals surface area contributed by atoms with E-state index in [0.717, 1.165) is 16.9 Å². The van der Waals surface area contributed by atoms with Crippen LogP contribution in [0.1, 0.15) is 24.2 Å². The van der Waals surface area contributed by atoms with E-state index in [1.54, 1.807) is 14.0 Å². The maximum Gasteiger partial charge on any atom is 0.122 e. The predicted octanol–water partition coefficient (Wildman–Crippen LogP) is 2.07. The summed E-state index contributed by atoms with van der Waals surface area (Å²) in [6, 6.07) is 5.69. The van der Waals surface area contributed by atoms with E-state index in [4.69, 9.17) is 9.47 Å². The van der Waals surface area contributed by atoms with Gasteiger partial charge in [-0.25, -0.2) is 0 Å². The smallest absolute Gasteiger partial charge is 0.122 e. The molecule has 0 aromatic heterocycles. The van der Waals surface area contributed by atoms with Gasteiger partial charge >= 0.3 is 0 Å². The molecule has 1 aromatic rings. The fraction of sp³-hybridized carbons (Fsp3) is 0.500. The number of aliphatic hydroxyl groups excluding tert-OH is 1. The van der Waals surface area contributed by atoms with E-state index < -0.39 is 6.10 Å². The van der Waals surface area contributed by atoms with Gasteiger partial charge in [0, 0.05) is 7.11 Å². The van der Waals surface area contributed by atoms with E-state index >= 15 is 0 Å². The van der Waals surface area contributed by atoms with Crippen molar-refractivity contribution < 1.29 is 14.6 Å². The van der Waals surface area contributed by atoms with Crippen LogP contribution < -0.4 is 4.74 Å². The second-order valence-corrected chi connectivity index (χ2v) is 3.54. The fourth-order valence-corrected chi connectivity index (χ4v) is 1.33. The third-order valence-corrected chi connectivity index (χ3v) is 2.23. The van der Waals surface area contributed by atoms with Gasteiger partial charge in [0.2, 0.25) is 0 Å². The van der Waals surface area contributed by atoms with E-state index in [-0.39, 0.29) is 0 Å². The Balaban J connectivity index is 2.66. The summed E-state index contributed by atoms with van der Waals surface area (Å²) in [7, 11) is 1.65. The molecular weight excluding hydrogens is 192 g/mol. The Bertz CT molecular complexity index is 308. The van der Waals surface area contributed by atoms with E-state index in [9.17, 15) is 5.11 Å². The van der Waals surface area contributed by atoms with Crippen LogP contribution in [0.2, 0.25) is 0 Å². The fourth-order valence-electron chi connectivity index (χ4n) is 1.33. The summed E-state index contributed by atoms with van der Waals surface area (Å²) in [5.74, 6) is 0.844. The van der Waals surface area contributed by atoms with Crippen LogP contribution in [0.4, 0.5) is 0 Å². The van der Waals surface area contributed by atoms with Gasteiger partial charge in [-0.05, 0) is 37.1 Å².